The highest BCUT2D eigenvalue weighted by molar-refractivity contribution is 7.07. The molecule has 2 rings (SSSR count). The Balaban J connectivity index is 1.78. The zero-order valence-electron chi connectivity index (χ0n) is 6.62. The molecule has 0 spiro atoms. The van der Waals surface area contributed by atoms with Crippen LogP contribution in [0.3, 0.4) is 0 Å². The summed E-state index contributed by atoms with van der Waals surface area (Å²) >= 11 is 1.55. The summed E-state index contributed by atoms with van der Waals surface area (Å²) in [5.74, 6) is 0.478. The van der Waals surface area contributed by atoms with Gasteiger partial charge in [-0.05, 0) is 12.8 Å². The molecule has 3 nitrogen and oxygen atoms in total. The van der Waals surface area contributed by atoms with Crippen molar-refractivity contribution in [2.24, 2.45) is 5.92 Å². The fraction of sp³-hybridized carbons (Fsp3) is 0.500. The van der Waals surface area contributed by atoms with Gasteiger partial charge in [0.1, 0.15) is 0 Å². The summed E-state index contributed by atoms with van der Waals surface area (Å²) in [6.07, 6.45) is 2.12. The summed E-state index contributed by atoms with van der Waals surface area (Å²) in [5, 5.41) is 4.80. The molecule has 12 heavy (non-hydrogen) atoms. The lowest BCUT2D eigenvalue weighted by molar-refractivity contribution is -0.122. The maximum absolute atomic E-state index is 11.2. The Bertz CT molecular complexity index is 267. The van der Waals surface area contributed by atoms with Gasteiger partial charge in [-0.2, -0.15) is 0 Å². The first-order valence-corrected chi connectivity index (χ1v) is 4.95. The molecule has 1 aliphatic rings. The topological polar surface area (TPSA) is 42.0 Å². The Morgan fingerprint density at radius 1 is 1.75 bits per heavy atom. The van der Waals surface area contributed by atoms with Crippen LogP contribution < -0.4 is 5.32 Å². The van der Waals surface area contributed by atoms with Gasteiger partial charge in [0.15, 0.2) is 0 Å². The Morgan fingerprint density at radius 3 is 3.17 bits per heavy atom. The van der Waals surface area contributed by atoms with E-state index in [1.165, 1.54) is 0 Å². The largest absolute Gasteiger partial charge is 0.350 e. The standard InChI is InChI=1S/C8H10N2OS/c11-8(6-1-2-6)9-3-7-4-12-5-10-7/h4-6H,1-3H2,(H,9,11). The third kappa shape index (κ3) is 1.82. The number of amides is 1. The highest BCUT2D eigenvalue weighted by Gasteiger charge is 2.29. The van der Waals surface area contributed by atoms with E-state index in [0.717, 1.165) is 18.5 Å². The minimum absolute atomic E-state index is 0.183. The van der Waals surface area contributed by atoms with Gasteiger partial charge in [-0.15, -0.1) is 11.3 Å². The van der Waals surface area contributed by atoms with Crippen molar-refractivity contribution in [3.05, 3.63) is 16.6 Å². The number of aromatic nitrogens is 1. The monoisotopic (exact) mass is 182 g/mol. The van der Waals surface area contributed by atoms with Gasteiger partial charge in [0.05, 0.1) is 17.7 Å². The van der Waals surface area contributed by atoms with Crippen LogP contribution in [0.4, 0.5) is 0 Å². The maximum atomic E-state index is 11.2. The van der Waals surface area contributed by atoms with Crippen molar-refractivity contribution in [2.75, 3.05) is 0 Å². The van der Waals surface area contributed by atoms with Crippen LogP contribution in [0.15, 0.2) is 10.9 Å². The molecule has 0 aliphatic heterocycles. The highest BCUT2D eigenvalue weighted by Crippen LogP contribution is 2.28. The number of carbonyl (C=O) groups excluding carboxylic acids is 1. The number of rotatable bonds is 3. The lowest BCUT2D eigenvalue weighted by Crippen LogP contribution is -2.24. The van der Waals surface area contributed by atoms with E-state index in [-0.39, 0.29) is 5.91 Å². The van der Waals surface area contributed by atoms with Crippen LogP contribution in [0, 0.1) is 5.92 Å². The quantitative estimate of drug-likeness (QED) is 0.762. The summed E-state index contributed by atoms with van der Waals surface area (Å²) in [4.78, 5) is 15.2. The fourth-order valence-corrected chi connectivity index (χ4v) is 1.55. The number of thiazole rings is 1. The summed E-state index contributed by atoms with van der Waals surface area (Å²) in [5.41, 5.74) is 2.73. The molecule has 1 heterocycles. The van der Waals surface area contributed by atoms with E-state index < -0.39 is 0 Å². The molecule has 0 saturated heterocycles. The molecule has 1 aromatic heterocycles. The predicted molar refractivity (Wildman–Crippen MR) is 46.7 cm³/mol. The van der Waals surface area contributed by atoms with Gasteiger partial charge in [-0.3, -0.25) is 4.79 Å². The summed E-state index contributed by atoms with van der Waals surface area (Å²) < 4.78 is 0. The van der Waals surface area contributed by atoms with Crippen molar-refractivity contribution in [1.29, 1.82) is 0 Å². The van der Waals surface area contributed by atoms with E-state index >= 15 is 0 Å². The molecular weight excluding hydrogens is 172 g/mol. The first-order chi connectivity index (χ1) is 5.86. The highest BCUT2D eigenvalue weighted by atomic mass is 32.1. The van der Waals surface area contributed by atoms with Crippen molar-refractivity contribution in [1.82, 2.24) is 10.3 Å². The molecule has 1 fully saturated rings. The molecule has 4 heteroatoms. The molecule has 0 radical (unpaired) electrons. The van der Waals surface area contributed by atoms with Gasteiger partial charge in [-0.1, -0.05) is 0 Å². The average Bonchev–Trinajstić information content (AvgIpc) is 2.80. The van der Waals surface area contributed by atoms with E-state index in [0.29, 0.717) is 12.5 Å². The summed E-state index contributed by atoms with van der Waals surface area (Å²) in [6.45, 7) is 0.582. The predicted octanol–water partition coefficient (Wildman–Crippen LogP) is 1.17. The lowest BCUT2D eigenvalue weighted by Gasteiger charge is -1.99. The van der Waals surface area contributed by atoms with Crippen LogP contribution >= 0.6 is 11.3 Å². The van der Waals surface area contributed by atoms with Crippen molar-refractivity contribution >= 4 is 17.2 Å². The van der Waals surface area contributed by atoms with Crippen molar-refractivity contribution in [3.8, 4) is 0 Å². The van der Waals surface area contributed by atoms with Crippen LogP contribution in [-0.4, -0.2) is 10.9 Å². The zero-order chi connectivity index (χ0) is 8.39. The third-order valence-electron chi connectivity index (χ3n) is 1.88. The normalized spacial score (nSPS) is 16.0. The molecule has 1 aliphatic carbocycles. The number of hydrogen-bond donors (Lipinski definition) is 1. The average molecular weight is 182 g/mol. The van der Waals surface area contributed by atoms with E-state index in [4.69, 9.17) is 0 Å². The zero-order valence-corrected chi connectivity index (χ0v) is 7.43. The molecule has 0 bridgehead atoms. The van der Waals surface area contributed by atoms with Gasteiger partial charge in [-0.25, -0.2) is 4.98 Å². The molecule has 1 saturated carbocycles. The Hall–Kier alpha value is -0.900. The second kappa shape index (κ2) is 3.23. The smallest absolute Gasteiger partial charge is 0.223 e. The molecule has 0 aromatic carbocycles. The van der Waals surface area contributed by atoms with Gasteiger partial charge >= 0.3 is 0 Å². The second-order valence-electron chi connectivity index (χ2n) is 2.97. The lowest BCUT2D eigenvalue weighted by atomic mass is 10.4. The Morgan fingerprint density at radius 2 is 2.58 bits per heavy atom. The second-order valence-corrected chi connectivity index (χ2v) is 3.69. The Kier molecular flexibility index (Phi) is 2.08. The van der Waals surface area contributed by atoms with Crippen molar-refractivity contribution < 1.29 is 4.79 Å². The van der Waals surface area contributed by atoms with E-state index in [1.54, 1.807) is 16.8 Å². The maximum Gasteiger partial charge on any atom is 0.223 e. The molecule has 1 aromatic rings. The number of carbonyl (C=O) groups is 1. The molecular formula is C8H10N2OS. The molecule has 64 valence electrons. The minimum atomic E-state index is 0.183. The number of hydrogen-bond acceptors (Lipinski definition) is 3. The van der Waals surface area contributed by atoms with E-state index in [9.17, 15) is 4.79 Å². The first-order valence-electron chi connectivity index (χ1n) is 4.01. The van der Waals surface area contributed by atoms with E-state index in [2.05, 4.69) is 10.3 Å². The van der Waals surface area contributed by atoms with Crippen LogP contribution in [0.2, 0.25) is 0 Å². The third-order valence-corrected chi connectivity index (χ3v) is 2.51. The molecule has 0 atom stereocenters. The minimum Gasteiger partial charge on any atom is -0.350 e. The van der Waals surface area contributed by atoms with Crippen molar-refractivity contribution in [2.45, 2.75) is 19.4 Å². The van der Waals surface area contributed by atoms with Gasteiger partial charge in [0, 0.05) is 11.3 Å². The van der Waals surface area contributed by atoms with E-state index in [1.807, 2.05) is 5.38 Å². The SMILES string of the molecule is O=C(NCc1cscn1)C1CC1. The van der Waals surface area contributed by atoms with Crippen LogP contribution in [0.25, 0.3) is 0 Å². The number of nitrogens with one attached hydrogen (secondary N) is 1. The fourth-order valence-electron chi connectivity index (χ4n) is 0.992. The van der Waals surface area contributed by atoms with Crippen LogP contribution in [-0.2, 0) is 11.3 Å². The first kappa shape index (κ1) is 7.73. The number of nitrogens with zero attached hydrogens (tertiary/aromatic N) is 1. The molecule has 1 amide bonds. The summed E-state index contributed by atoms with van der Waals surface area (Å²) in [6, 6.07) is 0. The van der Waals surface area contributed by atoms with Gasteiger partial charge in [0.25, 0.3) is 0 Å². The van der Waals surface area contributed by atoms with Gasteiger partial charge in [0.2, 0.25) is 5.91 Å². The van der Waals surface area contributed by atoms with Crippen LogP contribution in [0.1, 0.15) is 18.5 Å². The Labute approximate surface area is 74.8 Å². The summed E-state index contributed by atoms with van der Waals surface area (Å²) in [7, 11) is 0. The molecule has 1 N–H and O–H groups in total. The van der Waals surface area contributed by atoms with Gasteiger partial charge < -0.3 is 5.32 Å². The molecule has 0 unspecified atom stereocenters. The van der Waals surface area contributed by atoms with Crippen LogP contribution in [0.5, 0.6) is 0 Å². The van der Waals surface area contributed by atoms with Crippen molar-refractivity contribution in [3.63, 3.8) is 0 Å².